The standard InChI is InChI=1S/C14H14ClN3O/c15-12-8-13(16-10-6-11(19)7-10)18-14(17-12)9-4-2-1-3-5-9/h1-5,8,10-11,19H,6-7H2,(H,16,17,18). The van der Waals surface area contributed by atoms with E-state index in [4.69, 9.17) is 11.6 Å². The first-order chi connectivity index (χ1) is 9.20. The molecule has 2 aromatic rings. The fourth-order valence-corrected chi connectivity index (χ4v) is 2.31. The lowest BCUT2D eigenvalue weighted by Crippen LogP contribution is -2.39. The molecule has 1 saturated carbocycles. The molecule has 19 heavy (non-hydrogen) atoms. The Bertz CT molecular complexity index is 570. The van der Waals surface area contributed by atoms with Crippen molar-refractivity contribution in [2.45, 2.75) is 25.0 Å². The average molecular weight is 276 g/mol. The van der Waals surface area contributed by atoms with E-state index in [0.717, 1.165) is 18.4 Å². The maximum Gasteiger partial charge on any atom is 0.163 e. The third kappa shape index (κ3) is 2.85. The van der Waals surface area contributed by atoms with Gasteiger partial charge in [0.25, 0.3) is 0 Å². The third-order valence-electron chi connectivity index (χ3n) is 3.19. The van der Waals surface area contributed by atoms with Crippen LogP contribution in [0, 0.1) is 0 Å². The van der Waals surface area contributed by atoms with Crippen molar-refractivity contribution >= 4 is 17.4 Å². The zero-order chi connectivity index (χ0) is 13.2. The lowest BCUT2D eigenvalue weighted by Gasteiger charge is -2.32. The van der Waals surface area contributed by atoms with Crippen LogP contribution in [0.1, 0.15) is 12.8 Å². The summed E-state index contributed by atoms with van der Waals surface area (Å²) in [6.45, 7) is 0. The van der Waals surface area contributed by atoms with Crippen LogP contribution in [0.4, 0.5) is 5.82 Å². The summed E-state index contributed by atoms with van der Waals surface area (Å²) >= 11 is 6.03. The summed E-state index contributed by atoms with van der Waals surface area (Å²) in [6.07, 6.45) is 1.31. The number of aliphatic hydroxyl groups excluding tert-OH is 1. The highest BCUT2D eigenvalue weighted by molar-refractivity contribution is 6.29. The summed E-state index contributed by atoms with van der Waals surface area (Å²) in [5.74, 6) is 1.31. The number of aromatic nitrogens is 2. The minimum atomic E-state index is -0.191. The maximum absolute atomic E-state index is 9.28. The fourth-order valence-electron chi connectivity index (χ4n) is 2.12. The second-order valence-electron chi connectivity index (χ2n) is 4.73. The smallest absolute Gasteiger partial charge is 0.163 e. The molecule has 0 amide bonds. The van der Waals surface area contributed by atoms with Crippen molar-refractivity contribution in [3.8, 4) is 11.4 Å². The molecule has 98 valence electrons. The number of nitrogens with zero attached hydrogens (tertiary/aromatic N) is 2. The minimum absolute atomic E-state index is 0.191. The lowest BCUT2D eigenvalue weighted by atomic mass is 9.89. The highest BCUT2D eigenvalue weighted by atomic mass is 35.5. The Morgan fingerprint density at radius 1 is 1.16 bits per heavy atom. The molecule has 2 N–H and O–H groups in total. The van der Waals surface area contributed by atoms with Crippen LogP contribution in [-0.4, -0.2) is 27.2 Å². The van der Waals surface area contributed by atoms with Gasteiger partial charge in [-0.05, 0) is 12.8 Å². The van der Waals surface area contributed by atoms with Gasteiger partial charge >= 0.3 is 0 Å². The van der Waals surface area contributed by atoms with Crippen LogP contribution in [0.2, 0.25) is 5.15 Å². The molecule has 4 nitrogen and oxygen atoms in total. The van der Waals surface area contributed by atoms with E-state index in [2.05, 4.69) is 15.3 Å². The van der Waals surface area contributed by atoms with Crippen LogP contribution < -0.4 is 5.32 Å². The molecule has 1 aliphatic rings. The van der Waals surface area contributed by atoms with E-state index < -0.39 is 0 Å². The van der Waals surface area contributed by atoms with Crippen LogP contribution in [0.15, 0.2) is 36.4 Å². The van der Waals surface area contributed by atoms with E-state index in [0.29, 0.717) is 16.8 Å². The van der Waals surface area contributed by atoms with Crippen LogP contribution in [0.3, 0.4) is 0 Å². The minimum Gasteiger partial charge on any atom is -0.393 e. The maximum atomic E-state index is 9.28. The van der Waals surface area contributed by atoms with Crippen molar-refractivity contribution in [3.63, 3.8) is 0 Å². The zero-order valence-electron chi connectivity index (χ0n) is 10.3. The van der Waals surface area contributed by atoms with Gasteiger partial charge in [0.2, 0.25) is 0 Å². The second kappa shape index (κ2) is 5.15. The van der Waals surface area contributed by atoms with Crippen LogP contribution in [0.5, 0.6) is 0 Å². The first kappa shape index (κ1) is 12.4. The van der Waals surface area contributed by atoms with E-state index in [9.17, 15) is 5.11 Å². The van der Waals surface area contributed by atoms with E-state index in [1.165, 1.54) is 0 Å². The van der Waals surface area contributed by atoms with Gasteiger partial charge in [-0.25, -0.2) is 9.97 Å². The van der Waals surface area contributed by atoms with E-state index >= 15 is 0 Å². The average Bonchev–Trinajstić information content (AvgIpc) is 2.37. The normalized spacial score (nSPS) is 21.8. The van der Waals surface area contributed by atoms with Crippen molar-refractivity contribution in [2.24, 2.45) is 0 Å². The first-order valence-electron chi connectivity index (χ1n) is 6.25. The number of halogens is 1. The van der Waals surface area contributed by atoms with Crippen LogP contribution in [-0.2, 0) is 0 Å². The van der Waals surface area contributed by atoms with Crippen molar-refractivity contribution in [1.82, 2.24) is 9.97 Å². The van der Waals surface area contributed by atoms with E-state index in [1.807, 2.05) is 30.3 Å². The van der Waals surface area contributed by atoms with Crippen molar-refractivity contribution in [3.05, 3.63) is 41.6 Å². The van der Waals surface area contributed by atoms with Crippen LogP contribution in [0.25, 0.3) is 11.4 Å². The number of benzene rings is 1. The van der Waals surface area contributed by atoms with Gasteiger partial charge in [-0.15, -0.1) is 0 Å². The molecule has 1 aromatic heterocycles. The topological polar surface area (TPSA) is 58.0 Å². The van der Waals surface area contributed by atoms with Gasteiger partial charge < -0.3 is 10.4 Å². The number of hydrogen-bond acceptors (Lipinski definition) is 4. The summed E-state index contributed by atoms with van der Waals surface area (Å²) in [5.41, 5.74) is 0.932. The molecule has 1 aliphatic carbocycles. The number of anilines is 1. The van der Waals surface area contributed by atoms with E-state index in [-0.39, 0.29) is 12.1 Å². The quantitative estimate of drug-likeness (QED) is 0.846. The lowest BCUT2D eigenvalue weighted by molar-refractivity contribution is 0.0835. The summed E-state index contributed by atoms with van der Waals surface area (Å²) in [5, 5.41) is 13.0. The molecule has 0 spiro atoms. The Morgan fingerprint density at radius 3 is 2.58 bits per heavy atom. The predicted octanol–water partition coefficient (Wildman–Crippen LogP) is 2.73. The predicted molar refractivity (Wildman–Crippen MR) is 75.1 cm³/mol. The molecule has 1 fully saturated rings. The summed E-state index contributed by atoms with van der Waals surface area (Å²) < 4.78 is 0. The van der Waals surface area contributed by atoms with Gasteiger partial charge in [0.15, 0.2) is 5.82 Å². The van der Waals surface area contributed by atoms with Gasteiger partial charge in [-0.2, -0.15) is 0 Å². The highest BCUT2D eigenvalue weighted by Crippen LogP contribution is 2.25. The van der Waals surface area contributed by atoms with Crippen molar-refractivity contribution < 1.29 is 5.11 Å². The van der Waals surface area contributed by atoms with E-state index in [1.54, 1.807) is 6.07 Å². The molecular formula is C14H14ClN3O. The third-order valence-corrected chi connectivity index (χ3v) is 3.39. The summed E-state index contributed by atoms with van der Waals surface area (Å²) in [4.78, 5) is 8.70. The first-order valence-corrected chi connectivity index (χ1v) is 6.63. The highest BCUT2D eigenvalue weighted by Gasteiger charge is 2.27. The second-order valence-corrected chi connectivity index (χ2v) is 5.12. The Kier molecular flexibility index (Phi) is 3.36. The molecule has 0 atom stereocenters. The van der Waals surface area contributed by atoms with Gasteiger partial charge in [-0.1, -0.05) is 41.9 Å². The number of rotatable bonds is 3. The van der Waals surface area contributed by atoms with Crippen LogP contribution >= 0.6 is 11.6 Å². The van der Waals surface area contributed by atoms with Gasteiger partial charge in [0, 0.05) is 17.7 Å². The number of aliphatic hydroxyl groups is 1. The molecule has 0 saturated heterocycles. The zero-order valence-corrected chi connectivity index (χ0v) is 11.0. The number of nitrogens with one attached hydrogen (secondary N) is 1. The Balaban J connectivity index is 1.84. The molecule has 0 bridgehead atoms. The van der Waals surface area contributed by atoms with Crippen molar-refractivity contribution in [2.75, 3.05) is 5.32 Å². The summed E-state index contributed by atoms with van der Waals surface area (Å²) in [6, 6.07) is 11.7. The monoisotopic (exact) mass is 275 g/mol. The Labute approximate surface area is 116 Å². The SMILES string of the molecule is OC1CC(Nc2cc(Cl)nc(-c3ccccc3)n2)C1. The molecule has 1 aromatic carbocycles. The molecule has 0 unspecified atom stereocenters. The Morgan fingerprint density at radius 2 is 1.89 bits per heavy atom. The van der Waals surface area contributed by atoms with Gasteiger partial charge in [0.05, 0.1) is 6.10 Å². The molecule has 1 heterocycles. The molecular weight excluding hydrogens is 262 g/mol. The van der Waals surface area contributed by atoms with Gasteiger partial charge in [-0.3, -0.25) is 0 Å². The van der Waals surface area contributed by atoms with Crippen molar-refractivity contribution in [1.29, 1.82) is 0 Å². The Hall–Kier alpha value is -1.65. The molecule has 0 aliphatic heterocycles. The molecule has 3 rings (SSSR count). The summed E-state index contributed by atoms with van der Waals surface area (Å²) in [7, 11) is 0. The molecule has 0 radical (unpaired) electrons. The largest absolute Gasteiger partial charge is 0.393 e. The number of hydrogen-bond donors (Lipinski definition) is 2. The van der Waals surface area contributed by atoms with Gasteiger partial charge in [0.1, 0.15) is 11.0 Å². The molecule has 5 heteroatoms. The fraction of sp³-hybridized carbons (Fsp3) is 0.286.